The van der Waals surface area contributed by atoms with E-state index >= 15 is 0 Å². The minimum Gasteiger partial charge on any atom is -0.482 e. The number of hydrogen-bond acceptors (Lipinski definition) is 4. The average Bonchev–Trinajstić information content (AvgIpc) is 2.73. The SMILES string of the molecule is Cc1cc(C(C)(C)C)c(OC(c2c(C(C)(C)C)cc(C)cc2C(C)(C)C)[C@H](O)[C@H](O)CO)c(C(C)(C)C)c1. The Morgan fingerprint density at radius 1 is 0.605 bits per heavy atom. The zero-order chi connectivity index (χ0) is 29.6. The highest BCUT2D eigenvalue weighted by molar-refractivity contribution is 5.53. The van der Waals surface area contributed by atoms with E-state index in [0.29, 0.717) is 0 Å². The van der Waals surface area contributed by atoms with Gasteiger partial charge in [-0.3, -0.25) is 0 Å². The molecule has 214 valence electrons. The van der Waals surface area contributed by atoms with Crippen molar-refractivity contribution in [3.8, 4) is 5.75 Å². The van der Waals surface area contributed by atoms with Gasteiger partial charge in [0, 0.05) is 16.7 Å². The second-order valence-electron chi connectivity index (χ2n) is 15.2. The van der Waals surface area contributed by atoms with Gasteiger partial charge < -0.3 is 20.1 Å². The zero-order valence-corrected chi connectivity index (χ0v) is 26.5. The molecule has 0 aliphatic rings. The van der Waals surface area contributed by atoms with Crippen LogP contribution in [0.1, 0.15) is 128 Å². The van der Waals surface area contributed by atoms with E-state index in [4.69, 9.17) is 4.74 Å². The molecular weight excluding hydrogens is 472 g/mol. The summed E-state index contributed by atoms with van der Waals surface area (Å²) in [5.74, 6) is 0.741. The average molecular weight is 527 g/mol. The molecule has 0 aliphatic carbocycles. The monoisotopic (exact) mass is 526 g/mol. The molecule has 0 aromatic heterocycles. The van der Waals surface area contributed by atoms with Crippen molar-refractivity contribution in [3.63, 3.8) is 0 Å². The Kier molecular flexibility index (Phi) is 9.31. The molecule has 0 radical (unpaired) electrons. The molecule has 0 bridgehead atoms. The summed E-state index contributed by atoms with van der Waals surface area (Å²) in [5.41, 5.74) is 6.48. The molecule has 2 aromatic carbocycles. The lowest BCUT2D eigenvalue weighted by molar-refractivity contribution is -0.0705. The standard InChI is InChI=1S/C34H54O4/c1-20-15-22(31(3,4)5)27(23(16-20)32(6,7)8)30(28(37)26(36)19-35)38-29-24(33(9,10)11)17-21(2)18-25(29)34(12,13)14/h15-18,26,28,30,35-37H,19H2,1-14H3/t26-,28-,30?/m1/s1. The molecule has 0 saturated carbocycles. The van der Waals surface area contributed by atoms with Gasteiger partial charge in [0.15, 0.2) is 6.10 Å². The number of aryl methyl sites for hydroxylation is 2. The van der Waals surface area contributed by atoms with Crippen LogP contribution in [0.2, 0.25) is 0 Å². The molecular formula is C34H54O4. The molecule has 4 heteroatoms. The van der Waals surface area contributed by atoms with E-state index in [1.54, 1.807) is 0 Å². The molecule has 0 aliphatic heterocycles. The highest BCUT2D eigenvalue weighted by Crippen LogP contribution is 2.46. The van der Waals surface area contributed by atoms with Crippen LogP contribution in [0.5, 0.6) is 5.75 Å². The van der Waals surface area contributed by atoms with Crippen LogP contribution in [-0.2, 0) is 21.7 Å². The van der Waals surface area contributed by atoms with Gasteiger partial charge in [-0.25, -0.2) is 0 Å². The third-order valence-corrected chi connectivity index (χ3v) is 7.21. The van der Waals surface area contributed by atoms with Crippen LogP contribution in [0.25, 0.3) is 0 Å². The normalized spacial score (nSPS) is 15.8. The maximum absolute atomic E-state index is 11.6. The van der Waals surface area contributed by atoms with Crippen molar-refractivity contribution in [2.24, 2.45) is 0 Å². The van der Waals surface area contributed by atoms with E-state index in [9.17, 15) is 15.3 Å². The summed E-state index contributed by atoms with van der Waals surface area (Å²) in [5, 5.41) is 32.4. The maximum Gasteiger partial charge on any atom is 0.153 e. The Balaban J connectivity index is 3.08. The molecule has 0 spiro atoms. The summed E-state index contributed by atoms with van der Waals surface area (Å²) >= 11 is 0. The number of ether oxygens (including phenoxy) is 1. The first-order chi connectivity index (χ1) is 17.0. The van der Waals surface area contributed by atoms with E-state index in [1.807, 2.05) is 0 Å². The molecule has 1 unspecified atom stereocenters. The first-order valence-electron chi connectivity index (χ1n) is 13.9. The lowest BCUT2D eigenvalue weighted by Gasteiger charge is -2.39. The van der Waals surface area contributed by atoms with Gasteiger partial charge in [0.25, 0.3) is 0 Å². The Morgan fingerprint density at radius 2 is 0.921 bits per heavy atom. The van der Waals surface area contributed by atoms with Crippen molar-refractivity contribution in [1.29, 1.82) is 0 Å². The molecule has 4 nitrogen and oxygen atoms in total. The second-order valence-corrected chi connectivity index (χ2v) is 15.2. The number of aliphatic hydroxyl groups excluding tert-OH is 3. The van der Waals surface area contributed by atoms with Crippen LogP contribution in [0.4, 0.5) is 0 Å². The fraction of sp³-hybridized carbons (Fsp3) is 0.647. The molecule has 2 aromatic rings. The summed E-state index contributed by atoms with van der Waals surface area (Å²) in [6.07, 6.45) is -3.60. The van der Waals surface area contributed by atoms with E-state index in [1.165, 1.54) is 0 Å². The Morgan fingerprint density at radius 3 is 1.21 bits per heavy atom. The molecule has 38 heavy (non-hydrogen) atoms. The van der Waals surface area contributed by atoms with Crippen LogP contribution in [-0.4, -0.2) is 34.1 Å². The molecule has 2 rings (SSSR count). The Bertz CT molecular complexity index is 1050. The van der Waals surface area contributed by atoms with E-state index in [-0.39, 0.29) is 21.7 Å². The smallest absolute Gasteiger partial charge is 0.153 e. The summed E-state index contributed by atoms with van der Waals surface area (Å²) < 4.78 is 7.05. The van der Waals surface area contributed by atoms with Gasteiger partial charge in [-0.05, 0) is 46.6 Å². The first kappa shape index (κ1) is 32.3. The molecule has 0 heterocycles. The fourth-order valence-electron chi connectivity index (χ4n) is 5.10. The summed E-state index contributed by atoms with van der Waals surface area (Å²) in [6, 6.07) is 8.68. The van der Waals surface area contributed by atoms with Gasteiger partial charge >= 0.3 is 0 Å². The van der Waals surface area contributed by atoms with Gasteiger partial charge in [-0.1, -0.05) is 118 Å². The van der Waals surface area contributed by atoms with Crippen LogP contribution in [0, 0.1) is 13.8 Å². The molecule has 0 amide bonds. The van der Waals surface area contributed by atoms with E-state index < -0.39 is 24.9 Å². The lowest BCUT2D eigenvalue weighted by Crippen LogP contribution is -2.40. The quantitative estimate of drug-likeness (QED) is 0.369. The largest absolute Gasteiger partial charge is 0.482 e. The minimum atomic E-state index is -1.36. The minimum absolute atomic E-state index is 0.223. The molecule has 0 fully saturated rings. The summed E-state index contributed by atoms with van der Waals surface area (Å²) in [7, 11) is 0. The third-order valence-electron chi connectivity index (χ3n) is 7.21. The van der Waals surface area contributed by atoms with Gasteiger partial charge in [0.05, 0.1) is 6.61 Å². The topological polar surface area (TPSA) is 69.9 Å². The number of rotatable bonds is 6. The van der Waals surface area contributed by atoms with Gasteiger partial charge in [-0.2, -0.15) is 0 Å². The van der Waals surface area contributed by atoms with Crippen LogP contribution in [0.15, 0.2) is 24.3 Å². The van der Waals surface area contributed by atoms with Crippen LogP contribution in [0.3, 0.4) is 0 Å². The predicted molar refractivity (Wildman–Crippen MR) is 160 cm³/mol. The van der Waals surface area contributed by atoms with Crippen LogP contribution < -0.4 is 4.74 Å². The Labute approximate surface area is 232 Å². The number of aliphatic hydroxyl groups is 3. The Hall–Kier alpha value is -1.88. The van der Waals surface area contributed by atoms with Crippen molar-refractivity contribution in [2.45, 2.75) is 137 Å². The van der Waals surface area contributed by atoms with Gasteiger partial charge in [0.1, 0.15) is 18.0 Å². The predicted octanol–water partition coefficient (Wildman–Crippen LogP) is 7.33. The fourth-order valence-corrected chi connectivity index (χ4v) is 5.10. The summed E-state index contributed by atoms with van der Waals surface area (Å²) in [4.78, 5) is 0. The van der Waals surface area contributed by atoms with Crippen molar-refractivity contribution >= 4 is 0 Å². The van der Waals surface area contributed by atoms with Crippen molar-refractivity contribution in [3.05, 3.63) is 63.2 Å². The molecule has 0 saturated heterocycles. The van der Waals surface area contributed by atoms with E-state index in [2.05, 4.69) is 121 Å². The van der Waals surface area contributed by atoms with Gasteiger partial charge in [0.2, 0.25) is 0 Å². The highest BCUT2D eigenvalue weighted by atomic mass is 16.5. The molecule has 3 N–H and O–H groups in total. The highest BCUT2D eigenvalue weighted by Gasteiger charge is 2.39. The summed E-state index contributed by atoms with van der Waals surface area (Å²) in [6.45, 7) is 29.6. The maximum atomic E-state index is 11.6. The van der Waals surface area contributed by atoms with Crippen molar-refractivity contribution in [1.82, 2.24) is 0 Å². The third kappa shape index (κ3) is 7.20. The number of hydrogen-bond donors (Lipinski definition) is 3. The van der Waals surface area contributed by atoms with Crippen molar-refractivity contribution < 1.29 is 20.1 Å². The van der Waals surface area contributed by atoms with Gasteiger partial charge in [-0.15, -0.1) is 0 Å². The van der Waals surface area contributed by atoms with Crippen molar-refractivity contribution in [2.75, 3.05) is 6.61 Å². The first-order valence-corrected chi connectivity index (χ1v) is 13.9. The lowest BCUT2D eigenvalue weighted by atomic mass is 9.72. The zero-order valence-electron chi connectivity index (χ0n) is 26.5. The van der Waals surface area contributed by atoms with Crippen LogP contribution >= 0.6 is 0 Å². The second kappa shape index (κ2) is 10.9. The number of benzene rings is 2. The molecule has 3 atom stereocenters. The van der Waals surface area contributed by atoms with E-state index in [0.717, 1.165) is 44.7 Å².